The SMILES string of the molecule is CC1(C)O/C2=C/CCCCCC2O1. The number of hydrogen-bond donors (Lipinski definition) is 0. The smallest absolute Gasteiger partial charge is 0.205 e. The molecule has 1 fully saturated rings. The molecule has 1 aliphatic carbocycles. The van der Waals surface area contributed by atoms with Crippen molar-refractivity contribution < 1.29 is 9.47 Å². The Kier molecular flexibility index (Phi) is 2.33. The fourth-order valence-corrected chi connectivity index (χ4v) is 2.04. The third-order valence-electron chi connectivity index (χ3n) is 2.62. The van der Waals surface area contributed by atoms with Crippen LogP contribution in [0.15, 0.2) is 11.8 Å². The lowest BCUT2D eigenvalue weighted by atomic mass is 10.0. The number of ether oxygens (including phenoxy) is 2. The highest BCUT2D eigenvalue weighted by molar-refractivity contribution is 5.06. The van der Waals surface area contributed by atoms with Crippen molar-refractivity contribution in [2.45, 2.75) is 57.8 Å². The predicted octanol–water partition coefficient (Wildman–Crippen LogP) is 2.99. The second kappa shape index (κ2) is 3.33. The van der Waals surface area contributed by atoms with Crippen molar-refractivity contribution in [3.63, 3.8) is 0 Å². The van der Waals surface area contributed by atoms with Crippen molar-refractivity contribution in [3.8, 4) is 0 Å². The van der Waals surface area contributed by atoms with E-state index < -0.39 is 5.79 Å². The summed E-state index contributed by atoms with van der Waals surface area (Å²) in [6.07, 6.45) is 8.58. The zero-order chi connectivity index (χ0) is 9.31. The van der Waals surface area contributed by atoms with Gasteiger partial charge in [0, 0.05) is 13.8 Å². The fourth-order valence-electron chi connectivity index (χ4n) is 2.04. The summed E-state index contributed by atoms with van der Waals surface area (Å²) in [6.45, 7) is 3.97. The topological polar surface area (TPSA) is 18.5 Å². The van der Waals surface area contributed by atoms with Crippen LogP contribution in [0.5, 0.6) is 0 Å². The summed E-state index contributed by atoms with van der Waals surface area (Å²) in [4.78, 5) is 0. The predicted molar refractivity (Wildman–Crippen MR) is 51.2 cm³/mol. The number of fused-ring (bicyclic) bond motifs is 1. The average Bonchev–Trinajstić information content (AvgIpc) is 2.27. The molecule has 0 spiro atoms. The maximum Gasteiger partial charge on any atom is 0.205 e. The van der Waals surface area contributed by atoms with E-state index in [9.17, 15) is 0 Å². The zero-order valence-corrected chi connectivity index (χ0v) is 8.51. The molecule has 2 nitrogen and oxygen atoms in total. The first kappa shape index (κ1) is 9.07. The Morgan fingerprint density at radius 1 is 1.31 bits per heavy atom. The van der Waals surface area contributed by atoms with Crippen molar-refractivity contribution in [1.82, 2.24) is 0 Å². The fraction of sp³-hybridized carbons (Fsp3) is 0.818. The summed E-state index contributed by atoms with van der Waals surface area (Å²) in [5.74, 6) is 0.672. The summed E-state index contributed by atoms with van der Waals surface area (Å²) in [7, 11) is 0. The molecule has 1 heterocycles. The molecule has 2 heteroatoms. The molecular formula is C11H18O2. The second-order valence-electron chi connectivity index (χ2n) is 4.35. The first-order valence-electron chi connectivity index (χ1n) is 5.24. The Bertz CT molecular complexity index is 218. The third-order valence-corrected chi connectivity index (χ3v) is 2.62. The minimum atomic E-state index is -0.402. The summed E-state index contributed by atoms with van der Waals surface area (Å²) < 4.78 is 11.5. The zero-order valence-electron chi connectivity index (χ0n) is 8.51. The maximum absolute atomic E-state index is 5.80. The van der Waals surface area contributed by atoms with Gasteiger partial charge in [0.2, 0.25) is 5.79 Å². The lowest BCUT2D eigenvalue weighted by Crippen LogP contribution is -2.21. The number of allylic oxidation sites excluding steroid dienone is 1. The molecule has 0 aromatic heterocycles. The van der Waals surface area contributed by atoms with E-state index >= 15 is 0 Å². The Morgan fingerprint density at radius 2 is 2.15 bits per heavy atom. The van der Waals surface area contributed by atoms with Gasteiger partial charge in [-0.05, 0) is 25.3 Å². The molecule has 1 atom stereocenters. The van der Waals surface area contributed by atoms with Crippen molar-refractivity contribution in [2.75, 3.05) is 0 Å². The first-order chi connectivity index (χ1) is 6.17. The molecule has 0 aromatic rings. The molecule has 2 aliphatic rings. The van der Waals surface area contributed by atoms with Crippen LogP contribution in [0.4, 0.5) is 0 Å². The summed E-state index contributed by atoms with van der Waals surface area (Å²) in [5.41, 5.74) is 0. The molecule has 74 valence electrons. The average molecular weight is 182 g/mol. The molecular weight excluding hydrogens is 164 g/mol. The molecule has 2 rings (SSSR count). The number of rotatable bonds is 0. The summed E-state index contributed by atoms with van der Waals surface area (Å²) in [6, 6.07) is 0. The first-order valence-corrected chi connectivity index (χ1v) is 5.24. The van der Waals surface area contributed by atoms with Gasteiger partial charge in [-0.3, -0.25) is 0 Å². The van der Waals surface area contributed by atoms with Crippen molar-refractivity contribution in [1.29, 1.82) is 0 Å². The monoisotopic (exact) mass is 182 g/mol. The van der Waals surface area contributed by atoms with E-state index in [-0.39, 0.29) is 6.10 Å². The van der Waals surface area contributed by atoms with Crippen molar-refractivity contribution >= 4 is 0 Å². The van der Waals surface area contributed by atoms with Crippen LogP contribution in [0.1, 0.15) is 46.0 Å². The van der Waals surface area contributed by atoms with Gasteiger partial charge >= 0.3 is 0 Å². The Morgan fingerprint density at radius 3 is 3.00 bits per heavy atom. The highest BCUT2D eigenvalue weighted by Gasteiger charge is 2.37. The third kappa shape index (κ3) is 2.05. The Balaban J connectivity index is 2.11. The van der Waals surface area contributed by atoms with Crippen LogP contribution in [-0.4, -0.2) is 11.9 Å². The number of hydrogen-bond acceptors (Lipinski definition) is 2. The highest BCUT2D eigenvalue weighted by Crippen LogP contribution is 2.35. The lowest BCUT2D eigenvalue weighted by molar-refractivity contribution is -0.133. The van der Waals surface area contributed by atoms with E-state index in [1.807, 2.05) is 13.8 Å². The molecule has 0 N–H and O–H groups in total. The van der Waals surface area contributed by atoms with E-state index in [4.69, 9.17) is 9.47 Å². The lowest BCUT2D eigenvalue weighted by Gasteiger charge is -2.15. The van der Waals surface area contributed by atoms with Gasteiger partial charge in [0.25, 0.3) is 0 Å². The van der Waals surface area contributed by atoms with Crippen LogP contribution >= 0.6 is 0 Å². The normalized spacial score (nSPS) is 36.5. The van der Waals surface area contributed by atoms with Crippen LogP contribution in [0.25, 0.3) is 0 Å². The quantitative estimate of drug-likeness (QED) is 0.573. The van der Waals surface area contributed by atoms with Gasteiger partial charge in [0.05, 0.1) is 0 Å². The molecule has 1 unspecified atom stereocenters. The molecule has 1 saturated heterocycles. The van der Waals surface area contributed by atoms with E-state index in [1.165, 1.54) is 19.3 Å². The van der Waals surface area contributed by atoms with Crippen LogP contribution in [-0.2, 0) is 9.47 Å². The summed E-state index contributed by atoms with van der Waals surface area (Å²) >= 11 is 0. The maximum atomic E-state index is 5.80. The highest BCUT2D eigenvalue weighted by atomic mass is 16.7. The molecule has 1 aliphatic heterocycles. The van der Waals surface area contributed by atoms with Gasteiger partial charge < -0.3 is 9.47 Å². The molecule has 0 radical (unpaired) electrons. The minimum absolute atomic E-state index is 0.232. The van der Waals surface area contributed by atoms with Crippen molar-refractivity contribution in [2.24, 2.45) is 0 Å². The largest absolute Gasteiger partial charge is 0.465 e. The molecule has 0 aromatic carbocycles. The van der Waals surface area contributed by atoms with E-state index in [0.29, 0.717) is 0 Å². The molecule has 0 amide bonds. The minimum Gasteiger partial charge on any atom is -0.465 e. The van der Waals surface area contributed by atoms with Gasteiger partial charge in [-0.2, -0.15) is 0 Å². The molecule has 13 heavy (non-hydrogen) atoms. The van der Waals surface area contributed by atoms with E-state index in [1.54, 1.807) is 0 Å². The standard InChI is InChI=1S/C11H18O2/c1-11(2)12-9-7-5-3-4-6-8-10(9)13-11/h7,10H,3-6,8H2,1-2H3/b9-7+. The van der Waals surface area contributed by atoms with E-state index in [0.717, 1.165) is 18.6 Å². The summed E-state index contributed by atoms with van der Waals surface area (Å²) in [5, 5.41) is 0. The van der Waals surface area contributed by atoms with Gasteiger partial charge in [-0.15, -0.1) is 0 Å². The van der Waals surface area contributed by atoms with Crippen LogP contribution in [0, 0.1) is 0 Å². The second-order valence-corrected chi connectivity index (χ2v) is 4.35. The van der Waals surface area contributed by atoms with Gasteiger partial charge in [-0.1, -0.05) is 12.8 Å². The van der Waals surface area contributed by atoms with Crippen molar-refractivity contribution in [3.05, 3.63) is 11.8 Å². The van der Waals surface area contributed by atoms with Gasteiger partial charge in [0.1, 0.15) is 11.9 Å². The van der Waals surface area contributed by atoms with Crippen LogP contribution in [0.3, 0.4) is 0 Å². The van der Waals surface area contributed by atoms with E-state index in [2.05, 4.69) is 6.08 Å². The van der Waals surface area contributed by atoms with Gasteiger partial charge in [-0.25, -0.2) is 0 Å². The Hall–Kier alpha value is -0.500. The van der Waals surface area contributed by atoms with Gasteiger partial charge in [0.15, 0.2) is 0 Å². The van der Waals surface area contributed by atoms with Crippen LogP contribution in [0.2, 0.25) is 0 Å². The molecule has 0 saturated carbocycles. The molecule has 0 bridgehead atoms. The van der Waals surface area contributed by atoms with Crippen LogP contribution < -0.4 is 0 Å². The Labute approximate surface area is 79.9 Å².